The molecular formula is C12H18N2O2. The number of aryl methyl sites for hydroxylation is 1. The number of amides is 1. The van der Waals surface area contributed by atoms with E-state index in [2.05, 4.69) is 12.1 Å². The quantitative estimate of drug-likeness (QED) is 0.728. The van der Waals surface area contributed by atoms with Crippen molar-refractivity contribution in [2.24, 2.45) is 5.92 Å². The minimum atomic E-state index is 0.197. The summed E-state index contributed by atoms with van der Waals surface area (Å²) in [7, 11) is 1.86. The van der Waals surface area contributed by atoms with Crippen LogP contribution in [0.15, 0.2) is 4.52 Å². The van der Waals surface area contributed by atoms with Crippen molar-refractivity contribution < 1.29 is 9.32 Å². The van der Waals surface area contributed by atoms with Crippen molar-refractivity contribution in [2.45, 2.75) is 33.1 Å². The Morgan fingerprint density at radius 3 is 2.69 bits per heavy atom. The molecule has 88 valence electrons. The number of carbonyl (C=O) groups excluding carboxylic acids is 1. The first-order valence-corrected chi connectivity index (χ1v) is 5.67. The molecule has 0 saturated carbocycles. The maximum Gasteiger partial charge on any atom is 0.223 e. The summed E-state index contributed by atoms with van der Waals surface area (Å²) in [5.74, 6) is 1.70. The molecule has 1 saturated heterocycles. The highest BCUT2D eigenvalue weighted by atomic mass is 16.5. The van der Waals surface area contributed by atoms with Crippen molar-refractivity contribution in [3.8, 4) is 0 Å². The SMILES string of the molecule is Cc1onc(C2CC(=O)N(C)C[C@@H]2C)c1C. The predicted molar refractivity (Wildman–Crippen MR) is 60.1 cm³/mol. The van der Waals surface area contributed by atoms with Crippen LogP contribution in [0, 0.1) is 19.8 Å². The zero-order valence-electron chi connectivity index (χ0n) is 10.3. The number of hydrogen-bond donors (Lipinski definition) is 0. The Kier molecular flexibility index (Phi) is 2.74. The summed E-state index contributed by atoms with van der Waals surface area (Å²) in [5, 5.41) is 4.10. The van der Waals surface area contributed by atoms with Gasteiger partial charge in [0.1, 0.15) is 5.76 Å². The van der Waals surface area contributed by atoms with Gasteiger partial charge in [0.05, 0.1) is 5.69 Å². The van der Waals surface area contributed by atoms with E-state index in [4.69, 9.17) is 4.52 Å². The van der Waals surface area contributed by atoms with E-state index in [9.17, 15) is 4.79 Å². The Labute approximate surface area is 95.6 Å². The Morgan fingerprint density at radius 2 is 2.12 bits per heavy atom. The van der Waals surface area contributed by atoms with Gasteiger partial charge in [0.25, 0.3) is 0 Å². The molecular weight excluding hydrogens is 204 g/mol. The second-order valence-electron chi connectivity index (χ2n) is 4.81. The van der Waals surface area contributed by atoms with Crippen molar-refractivity contribution in [3.05, 3.63) is 17.0 Å². The van der Waals surface area contributed by atoms with Gasteiger partial charge in [0, 0.05) is 31.5 Å². The van der Waals surface area contributed by atoms with Crippen molar-refractivity contribution in [1.29, 1.82) is 0 Å². The van der Waals surface area contributed by atoms with Gasteiger partial charge in [-0.05, 0) is 19.8 Å². The van der Waals surface area contributed by atoms with E-state index in [1.807, 2.05) is 20.9 Å². The van der Waals surface area contributed by atoms with E-state index in [0.29, 0.717) is 12.3 Å². The van der Waals surface area contributed by atoms with Crippen LogP contribution in [0.1, 0.15) is 36.3 Å². The van der Waals surface area contributed by atoms with E-state index >= 15 is 0 Å². The third kappa shape index (κ3) is 1.72. The zero-order valence-corrected chi connectivity index (χ0v) is 10.3. The van der Waals surface area contributed by atoms with Gasteiger partial charge < -0.3 is 9.42 Å². The Balaban J connectivity index is 2.27. The van der Waals surface area contributed by atoms with E-state index in [1.54, 1.807) is 4.90 Å². The lowest BCUT2D eigenvalue weighted by molar-refractivity contribution is -0.133. The molecule has 2 heterocycles. The van der Waals surface area contributed by atoms with Crippen LogP contribution in [-0.4, -0.2) is 29.6 Å². The average molecular weight is 222 g/mol. The van der Waals surface area contributed by atoms with Gasteiger partial charge >= 0.3 is 0 Å². The summed E-state index contributed by atoms with van der Waals surface area (Å²) in [4.78, 5) is 13.5. The Bertz CT molecular complexity index is 411. The van der Waals surface area contributed by atoms with Crippen LogP contribution in [0.4, 0.5) is 0 Å². The number of aromatic nitrogens is 1. The van der Waals surface area contributed by atoms with Crippen LogP contribution >= 0.6 is 0 Å². The fourth-order valence-corrected chi connectivity index (χ4v) is 2.35. The van der Waals surface area contributed by atoms with Gasteiger partial charge in [0.2, 0.25) is 5.91 Å². The minimum Gasteiger partial charge on any atom is -0.361 e. The fraction of sp³-hybridized carbons (Fsp3) is 0.667. The topological polar surface area (TPSA) is 46.3 Å². The Morgan fingerprint density at radius 1 is 1.44 bits per heavy atom. The van der Waals surface area contributed by atoms with Crippen LogP contribution in [0.2, 0.25) is 0 Å². The van der Waals surface area contributed by atoms with Crippen LogP contribution in [-0.2, 0) is 4.79 Å². The monoisotopic (exact) mass is 222 g/mol. The lowest BCUT2D eigenvalue weighted by Crippen LogP contribution is -2.40. The first kappa shape index (κ1) is 11.2. The number of piperidine rings is 1. The molecule has 4 heteroatoms. The van der Waals surface area contributed by atoms with Crippen molar-refractivity contribution in [3.63, 3.8) is 0 Å². The molecule has 0 N–H and O–H groups in total. The molecule has 1 aliphatic rings. The smallest absolute Gasteiger partial charge is 0.223 e. The number of hydrogen-bond acceptors (Lipinski definition) is 3. The number of likely N-dealkylation sites (tertiary alicyclic amines) is 1. The molecule has 2 atom stereocenters. The molecule has 4 nitrogen and oxygen atoms in total. The molecule has 0 bridgehead atoms. The molecule has 1 aromatic heterocycles. The molecule has 0 aromatic carbocycles. The summed E-state index contributed by atoms with van der Waals surface area (Å²) >= 11 is 0. The van der Waals surface area contributed by atoms with E-state index in [-0.39, 0.29) is 11.8 Å². The summed E-state index contributed by atoms with van der Waals surface area (Å²) in [6.45, 7) is 6.88. The maximum absolute atomic E-state index is 11.7. The van der Waals surface area contributed by atoms with Crippen molar-refractivity contribution in [2.75, 3.05) is 13.6 Å². The molecule has 0 aliphatic carbocycles. The highest BCUT2D eigenvalue weighted by Gasteiger charge is 2.33. The highest BCUT2D eigenvalue weighted by Crippen LogP contribution is 2.34. The standard InChI is InChI=1S/C12H18N2O2/c1-7-6-14(4)11(15)5-10(7)12-8(2)9(3)16-13-12/h7,10H,5-6H2,1-4H3/t7-,10?/m0/s1. The first-order chi connectivity index (χ1) is 7.50. The molecule has 1 amide bonds. The number of nitrogens with zero attached hydrogens (tertiary/aromatic N) is 2. The van der Waals surface area contributed by atoms with Gasteiger partial charge in [-0.25, -0.2) is 0 Å². The van der Waals surface area contributed by atoms with Gasteiger partial charge in [-0.15, -0.1) is 0 Å². The van der Waals surface area contributed by atoms with Gasteiger partial charge in [-0.1, -0.05) is 12.1 Å². The van der Waals surface area contributed by atoms with Crippen LogP contribution in [0.5, 0.6) is 0 Å². The van der Waals surface area contributed by atoms with Gasteiger partial charge in [-0.3, -0.25) is 4.79 Å². The summed E-state index contributed by atoms with van der Waals surface area (Å²) in [5.41, 5.74) is 2.06. The van der Waals surface area contributed by atoms with Crippen molar-refractivity contribution in [1.82, 2.24) is 10.1 Å². The van der Waals surface area contributed by atoms with E-state index in [1.165, 1.54) is 0 Å². The predicted octanol–water partition coefficient (Wildman–Crippen LogP) is 1.87. The van der Waals surface area contributed by atoms with Crippen LogP contribution in [0.25, 0.3) is 0 Å². The molecule has 1 aromatic rings. The Hall–Kier alpha value is -1.32. The minimum absolute atomic E-state index is 0.197. The summed E-state index contributed by atoms with van der Waals surface area (Å²) in [6.07, 6.45) is 0.546. The molecule has 1 unspecified atom stereocenters. The average Bonchev–Trinajstić information content (AvgIpc) is 2.54. The lowest BCUT2D eigenvalue weighted by Gasteiger charge is -2.33. The van der Waals surface area contributed by atoms with Crippen LogP contribution < -0.4 is 0 Å². The molecule has 0 spiro atoms. The summed E-state index contributed by atoms with van der Waals surface area (Å²) in [6, 6.07) is 0. The fourth-order valence-electron chi connectivity index (χ4n) is 2.35. The first-order valence-electron chi connectivity index (χ1n) is 5.67. The van der Waals surface area contributed by atoms with E-state index < -0.39 is 0 Å². The van der Waals surface area contributed by atoms with Gasteiger partial charge in [0.15, 0.2) is 0 Å². The summed E-state index contributed by atoms with van der Waals surface area (Å²) < 4.78 is 5.18. The van der Waals surface area contributed by atoms with Crippen LogP contribution in [0.3, 0.4) is 0 Å². The van der Waals surface area contributed by atoms with Gasteiger partial charge in [-0.2, -0.15) is 0 Å². The molecule has 16 heavy (non-hydrogen) atoms. The second-order valence-corrected chi connectivity index (χ2v) is 4.81. The zero-order chi connectivity index (χ0) is 11.9. The third-order valence-corrected chi connectivity index (χ3v) is 3.61. The molecule has 1 aliphatic heterocycles. The number of carbonyl (C=O) groups is 1. The maximum atomic E-state index is 11.7. The highest BCUT2D eigenvalue weighted by molar-refractivity contribution is 5.77. The normalized spacial score (nSPS) is 26.2. The number of rotatable bonds is 1. The van der Waals surface area contributed by atoms with E-state index in [0.717, 1.165) is 23.6 Å². The molecule has 1 fully saturated rings. The molecule has 2 rings (SSSR count). The molecule has 0 radical (unpaired) electrons. The third-order valence-electron chi connectivity index (χ3n) is 3.61. The second kappa shape index (κ2) is 3.92. The lowest BCUT2D eigenvalue weighted by atomic mass is 9.83. The van der Waals surface area contributed by atoms with Crippen molar-refractivity contribution >= 4 is 5.91 Å². The largest absolute Gasteiger partial charge is 0.361 e.